The van der Waals surface area contributed by atoms with Gasteiger partial charge < -0.3 is 5.11 Å². The van der Waals surface area contributed by atoms with Gasteiger partial charge in [-0.05, 0) is 36.8 Å². The molecule has 1 aliphatic heterocycles. The van der Waals surface area contributed by atoms with Gasteiger partial charge in [0.15, 0.2) is 5.82 Å². The molecule has 7 heteroatoms. The van der Waals surface area contributed by atoms with E-state index in [9.17, 15) is 5.11 Å². The Labute approximate surface area is 149 Å². The fourth-order valence-electron chi connectivity index (χ4n) is 3.50. The number of thiazole rings is 1. The summed E-state index contributed by atoms with van der Waals surface area (Å²) in [6, 6.07) is 4.36. The summed E-state index contributed by atoms with van der Waals surface area (Å²) in [5.74, 6) is 1.72. The van der Waals surface area contributed by atoms with Crippen LogP contribution >= 0.6 is 22.7 Å². The molecule has 4 heterocycles. The van der Waals surface area contributed by atoms with Crippen molar-refractivity contribution in [2.24, 2.45) is 5.92 Å². The third-order valence-corrected chi connectivity index (χ3v) is 6.67. The molecule has 0 aromatic carbocycles. The Bertz CT molecular complexity index is 823. The van der Waals surface area contributed by atoms with Crippen molar-refractivity contribution in [3.63, 3.8) is 0 Å². The molecule has 0 radical (unpaired) electrons. The van der Waals surface area contributed by atoms with E-state index in [-0.39, 0.29) is 11.9 Å². The molecule has 2 atom stereocenters. The quantitative estimate of drug-likeness (QED) is 0.764. The number of fused-ring (bicyclic) bond motifs is 1. The lowest BCUT2D eigenvalue weighted by Crippen LogP contribution is -2.37. The predicted octanol–water partition coefficient (Wildman–Crippen LogP) is 3.94. The van der Waals surface area contributed by atoms with E-state index < -0.39 is 0 Å². The lowest BCUT2D eigenvalue weighted by molar-refractivity contribution is 0.150. The van der Waals surface area contributed by atoms with Crippen LogP contribution in [-0.4, -0.2) is 37.7 Å². The highest BCUT2D eigenvalue weighted by Gasteiger charge is 2.32. The molecule has 128 valence electrons. The Morgan fingerprint density at radius 3 is 3.00 bits per heavy atom. The monoisotopic (exact) mass is 362 g/mol. The molecular formula is C17H22N4OS2. The van der Waals surface area contributed by atoms with Crippen molar-refractivity contribution in [1.82, 2.24) is 19.5 Å². The van der Waals surface area contributed by atoms with E-state index in [1.807, 2.05) is 6.92 Å². The van der Waals surface area contributed by atoms with Gasteiger partial charge >= 0.3 is 0 Å². The second-order valence-electron chi connectivity index (χ2n) is 6.53. The number of piperidine rings is 1. The molecule has 4 rings (SSSR count). The highest BCUT2D eigenvalue weighted by Crippen LogP contribution is 2.42. The predicted molar refractivity (Wildman–Crippen MR) is 98.0 cm³/mol. The number of hydrogen-bond donors (Lipinski definition) is 1. The van der Waals surface area contributed by atoms with Gasteiger partial charge in [-0.1, -0.05) is 31.3 Å². The van der Waals surface area contributed by atoms with Crippen molar-refractivity contribution in [3.8, 4) is 5.88 Å². The molecular weight excluding hydrogens is 340 g/mol. The van der Waals surface area contributed by atoms with Gasteiger partial charge in [0, 0.05) is 17.8 Å². The highest BCUT2D eigenvalue weighted by molar-refractivity contribution is 7.17. The maximum absolute atomic E-state index is 10.8. The summed E-state index contributed by atoms with van der Waals surface area (Å²) in [5.41, 5.74) is 0. The van der Waals surface area contributed by atoms with Gasteiger partial charge in [0.25, 0.3) is 0 Å². The zero-order valence-electron chi connectivity index (χ0n) is 14.0. The lowest BCUT2D eigenvalue weighted by atomic mass is 9.98. The fraction of sp³-hybridized carbons (Fsp3) is 0.529. The van der Waals surface area contributed by atoms with Crippen molar-refractivity contribution in [1.29, 1.82) is 0 Å². The Morgan fingerprint density at radius 2 is 2.33 bits per heavy atom. The van der Waals surface area contributed by atoms with E-state index in [1.165, 1.54) is 17.7 Å². The van der Waals surface area contributed by atoms with Gasteiger partial charge in [-0.2, -0.15) is 4.52 Å². The normalized spacial score (nSPS) is 20.7. The van der Waals surface area contributed by atoms with Crippen molar-refractivity contribution in [2.45, 2.75) is 39.2 Å². The summed E-state index contributed by atoms with van der Waals surface area (Å²) in [5, 5.41) is 17.3. The van der Waals surface area contributed by atoms with Crippen LogP contribution in [0.4, 0.5) is 0 Å². The number of aromatic hydroxyl groups is 1. The van der Waals surface area contributed by atoms with Gasteiger partial charge in [-0.25, -0.2) is 4.98 Å². The van der Waals surface area contributed by atoms with Crippen LogP contribution < -0.4 is 0 Å². The first kappa shape index (κ1) is 16.1. The van der Waals surface area contributed by atoms with Crippen LogP contribution in [0.15, 0.2) is 17.5 Å². The van der Waals surface area contributed by atoms with Crippen molar-refractivity contribution in [2.75, 3.05) is 13.1 Å². The topological polar surface area (TPSA) is 53.7 Å². The number of aryl methyl sites for hydroxylation is 1. The van der Waals surface area contributed by atoms with E-state index in [0.29, 0.717) is 5.92 Å². The van der Waals surface area contributed by atoms with Crippen LogP contribution in [-0.2, 0) is 6.42 Å². The molecule has 0 saturated carbocycles. The second kappa shape index (κ2) is 6.46. The summed E-state index contributed by atoms with van der Waals surface area (Å²) >= 11 is 3.32. The molecule has 1 aliphatic rings. The van der Waals surface area contributed by atoms with Gasteiger partial charge in [0.05, 0.1) is 10.9 Å². The Balaban J connectivity index is 1.78. The highest BCUT2D eigenvalue weighted by atomic mass is 32.1. The largest absolute Gasteiger partial charge is 0.492 e. The van der Waals surface area contributed by atoms with E-state index >= 15 is 0 Å². The van der Waals surface area contributed by atoms with E-state index in [0.717, 1.165) is 35.2 Å². The van der Waals surface area contributed by atoms with E-state index in [4.69, 9.17) is 0 Å². The van der Waals surface area contributed by atoms with Crippen molar-refractivity contribution < 1.29 is 5.11 Å². The molecule has 0 bridgehead atoms. The summed E-state index contributed by atoms with van der Waals surface area (Å²) in [4.78, 5) is 10.1. The number of thiophene rings is 1. The maximum atomic E-state index is 10.8. The first-order valence-electron chi connectivity index (χ1n) is 8.52. The molecule has 1 N–H and O–H groups in total. The minimum atomic E-state index is 0.103. The molecule has 24 heavy (non-hydrogen) atoms. The molecule has 0 amide bonds. The first-order valence-corrected chi connectivity index (χ1v) is 10.2. The Hall–Kier alpha value is -1.44. The zero-order chi connectivity index (χ0) is 16.7. The summed E-state index contributed by atoms with van der Waals surface area (Å²) in [6.45, 7) is 6.48. The smallest absolute Gasteiger partial charge is 0.230 e. The number of aromatic nitrogens is 3. The first-order chi connectivity index (χ1) is 11.7. The third-order valence-electron chi connectivity index (χ3n) is 4.67. The average molecular weight is 363 g/mol. The van der Waals surface area contributed by atoms with Crippen LogP contribution in [0.2, 0.25) is 0 Å². The molecule has 3 aromatic rings. The third kappa shape index (κ3) is 2.74. The van der Waals surface area contributed by atoms with Crippen LogP contribution in [0, 0.1) is 5.92 Å². The summed E-state index contributed by atoms with van der Waals surface area (Å²) in [7, 11) is 0. The number of hydrogen-bond acceptors (Lipinski definition) is 6. The average Bonchev–Trinajstić information content (AvgIpc) is 3.28. The summed E-state index contributed by atoms with van der Waals surface area (Å²) < 4.78 is 1.60. The molecule has 1 saturated heterocycles. The second-order valence-corrected chi connectivity index (χ2v) is 8.51. The Kier molecular flexibility index (Phi) is 4.32. The number of rotatable bonds is 4. The van der Waals surface area contributed by atoms with Crippen LogP contribution in [0.5, 0.6) is 5.88 Å². The number of likely N-dealkylation sites (tertiary alicyclic amines) is 1. The van der Waals surface area contributed by atoms with Crippen LogP contribution in [0.25, 0.3) is 4.96 Å². The minimum Gasteiger partial charge on any atom is -0.492 e. The molecule has 5 nitrogen and oxygen atoms in total. The molecule has 0 spiro atoms. The standard InChI is InChI=1S/C17H22N4OS2/c1-3-13-18-17-21(19-13)16(22)15(24-17)14(12-7-5-9-23-12)20-8-4-6-11(2)10-20/h5,7,9,11,14,22H,3-4,6,8,10H2,1-2H3. The summed E-state index contributed by atoms with van der Waals surface area (Å²) in [6.07, 6.45) is 3.28. The minimum absolute atomic E-state index is 0.103. The SMILES string of the molecule is CCc1nc2sc(C(c3cccs3)N3CCCC(C)C3)c(O)n2n1. The van der Waals surface area contributed by atoms with Gasteiger partial charge in [-0.3, -0.25) is 4.90 Å². The Morgan fingerprint density at radius 1 is 1.46 bits per heavy atom. The van der Waals surface area contributed by atoms with E-state index in [2.05, 4.69) is 39.4 Å². The zero-order valence-corrected chi connectivity index (χ0v) is 15.6. The van der Waals surface area contributed by atoms with Crippen LogP contribution in [0.1, 0.15) is 48.3 Å². The fourth-order valence-corrected chi connectivity index (χ4v) is 5.57. The van der Waals surface area contributed by atoms with Crippen molar-refractivity contribution >= 4 is 27.6 Å². The van der Waals surface area contributed by atoms with Gasteiger partial charge in [0.1, 0.15) is 0 Å². The lowest BCUT2D eigenvalue weighted by Gasteiger charge is -2.36. The molecule has 2 unspecified atom stereocenters. The molecule has 1 fully saturated rings. The van der Waals surface area contributed by atoms with Gasteiger partial charge in [0.2, 0.25) is 10.8 Å². The van der Waals surface area contributed by atoms with E-state index in [1.54, 1.807) is 27.2 Å². The molecule has 3 aromatic heterocycles. The number of nitrogens with zero attached hydrogens (tertiary/aromatic N) is 4. The maximum Gasteiger partial charge on any atom is 0.230 e. The molecule has 0 aliphatic carbocycles. The van der Waals surface area contributed by atoms with Gasteiger partial charge in [-0.15, -0.1) is 16.4 Å². The van der Waals surface area contributed by atoms with Crippen LogP contribution in [0.3, 0.4) is 0 Å². The van der Waals surface area contributed by atoms with Crippen molar-refractivity contribution in [3.05, 3.63) is 33.1 Å².